The van der Waals surface area contributed by atoms with Gasteiger partial charge in [-0.1, -0.05) is 18.2 Å². The number of nitrogens with one attached hydrogen (secondary N) is 1. The van der Waals surface area contributed by atoms with E-state index in [1.807, 2.05) is 18.2 Å². The van der Waals surface area contributed by atoms with Gasteiger partial charge in [-0.05, 0) is 24.3 Å². The van der Waals surface area contributed by atoms with Gasteiger partial charge in [0.1, 0.15) is 6.54 Å². The minimum atomic E-state index is -0.360. The summed E-state index contributed by atoms with van der Waals surface area (Å²) in [6.07, 6.45) is 1.53. The van der Waals surface area contributed by atoms with Gasteiger partial charge in [0.2, 0.25) is 5.91 Å². The van der Waals surface area contributed by atoms with Gasteiger partial charge in [-0.2, -0.15) is 0 Å². The van der Waals surface area contributed by atoms with Gasteiger partial charge in [0.05, 0.1) is 5.69 Å². The highest BCUT2D eigenvalue weighted by molar-refractivity contribution is 5.90. The normalized spacial score (nSPS) is 10.0. The Balaban J connectivity index is 2.08. The molecule has 0 bridgehead atoms. The zero-order valence-electron chi connectivity index (χ0n) is 9.67. The van der Waals surface area contributed by atoms with Crippen LogP contribution in [0.1, 0.15) is 0 Å². The Morgan fingerprint density at radius 2 is 1.89 bits per heavy atom. The molecule has 2 rings (SSSR count). The van der Waals surface area contributed by atoms with Crippen molar-refractivity contribution in [3.05, 3.63) is 59.0 Å². The molecule has 0 atom stereocenters. The fourth-order valence-corrected chi connectivity index (χ4v) is 1.56. The first kappa shape index (κ1) is 11.9. The summed E-state index contributed by atoms with van der Waals surface area (Å²) in [5, 5.41) is 2.70. The highest BCUT2D eigenvalue weighted by Gasteiger charge is 2.05. The number of nitrogen functional groups attached to an aromatic ring is 1. The average Bonchev–Trinajstić information content (AvgIpc) is 2.36. The van der Waals surface area contributed by atoms with E-state index in [2.05, 4.69) is 5.32 Å². The summed E-state index contributed by atoms with van der Waals surface area (Å²) < 4.78 is 1.27. The number of aromatic nitrogens is 1. The van der Waals surface area contributed by atoms with Gasteiger partial charge in [0, 0.05) is 11.9 Å². The summed E-state index contributed by atoms with van der Waals surface area (Å²) in [5.74, 6) is -0.270. The number of amides is 1. The van der Waals surface area contributed by atoms with Crippen LogP contribution in [0.15, 0.2) is 53.5 Å². The molecule has 5 heteroatoms. The van der Waals surface area contributed by atoms with Crippen LogP contribution >= 0.6 is 0 Å². The monoisotopic (exact) mass is 243 g/mol. The van der Waals surface area contributed by atoms with Crippen LogP contribution in [0.25, 0.3) is 0 Å². The summed E-state index contributed by atoms with van der Waals surface area (Å²) >= 11 is 0. The van der Waals surface area contributed by atoms with Crippen LogP contribution in [-0.2, 0) is 11.3 Å². The van der Waals surface area contributed by atoms with Gasteiger partial charge in [0.25, 0.3) is 5.56 Å². The summed E-state index contributed by atoms with van der Waals surface area (Å²) in [5.41, 5.74) is 5.95. The number of anilines is 2. The van der Waals surface area contributed by atoms with Gasteiger partial charge in [-0.15, -0.1) is 0 Å². The number of nitrogens with two attached hydrogens (primary N) is 1. The molecule has 1 aromatic heterocycles. The number of hydrogen-bond acceptors (Lipinski definition) is 3. The second-order valence-corrected chi connectivity index (χ2v) is 3.81. The third-order valence-corrected chi connectivity index (χ3v) is 2.42. The highest BCUT2D eigenvalue weighted by Crippen LogP contribution is 2.04. The van der Waals surface area contributed by atoms with Gasteiger partial charge in [0.15, 0.2) is 0 Å². The van der Waals surface area contributed by atoms with Gasteiger partial charge < -0.3 is 15.6 Å². The zero-order chi connectivity index (χ0) is 13.0. The van der Waals surface area contributed by atoms with Crippen LogP contribution in [0.4, 0.5) is 11.4 Å². The molecule has 3 N–H and O–H groups in total. The molecule has 0 saturated heterocycles. The van der Waals surface area contributed by atoms with Crippen LogP contribution in [0.3, 0.4) is 0 Å². The third kappa shape index (κ3) is 2.76. The van der Waals surface area contributed by atoms with Crippen LogP contribution < -0.4 is 16.6 Å². The van der Waals surface area contributed by atoms with Crippen LogP contribution in [-0.4, -0.2) is 10.5 Å². The van der Waals surface area contributed by atoms with Crippen molar-refractivity contribution >= 4 is 17.3 Å². The standard InChI is InChI=1S/C13H13N3O2/c14-11-7-4-8-16(13(11)18)9-12(17)15-10-5-2-1-3-6-10/h1-8H,9,14H2,(H,15,17). The summed E-state index contributed by atoms with van der Waals surface area (Å²) in [4.78, 5) is 23.3. The smallest absolute Gasteiger partial charge is 0.274 e. The van der Waals surface area contributed by atoms with Crippen molar-refractivity contribution in [1.82, 2.24) is 4.57 Å². The molecule has 0 aliphatic heterocycles. The van der Waals surface area contributed by atoms with Crippen molar-refractivity contribution in [3.63, 3.8) is 0 Å². The summed E-state index contributed by atoms with van der Waals surface area (Å²) in [6, 6.07) is 12.2. The van der Waals surface area contributed by atoms with Crippen molar-refractivity contribution in [3.8, 4) is 0 Å². The van der Waals surface area contributed by atoms with Crippen molar-refractivity contribution in [2.24, 2.45) is 0 Å². The maximum atomic E-state index is 11.7. The molecule has 1 aromatic carbocycles. The molecule has 5 nitrogen and oxygen atoms in total. The number of pyridine rings is 1. The second-order valence-electron chi connectivity index (χ2n) is 3.81. The Kier molecular flexibility index (Phi) is 3.43. The Labute approximate surface area is 104 Å². The molecule has 92 valence electrons. The lowest BCUT2D eigenvalue weighted by molar-refractivity contribution is -0.116. The van der Waals surface area contributed by atoms with E-state index in [0.29, 0.717) is 5.69 Å². The van der Waals surface area contributed by atoms with Crippen molar-refractivity contribution in [2.45, 2.75) is 6.54 Å². The van der Waals surface area contributed by atoms with E-state index in [9.17, 15) is 9.59 Å². The predicted octanol–water partition coefficient (Wildman–Crippen LogP) is 1.07. The largest absolute Gasteiger partial charge is 0.394 e. The Bertz CT molecular complexity index is 605. The maximum Gasteiger partial charge on any atom is 0.274 e. The zero-order valence-corrected chi connectivity index (χ0v) is 9.67. The summed E-state index contributed by atoms with van der Waals surface area (Å²) in [7, 11) is 0. The number of hydrogen-bond donors (Lipinski definition) is 2. The average molecular weight is 243 g/mol. The third-order valence-electron chi connectivity index (χ3n) is 2.42. The molecule has 0 unspecified atom stereocenters. The van der Waals surface area contributed by atoms with Crippen molar-refractivity contribution in [2.75, 3.05) is 11.1 Å². The first-order chi connectivity index (χ1) is 8.66. The molecule has 0 aliphatic carbocycles. The van der Waals surface area contributed by atoms with Gasteiger partial charge in [-0.3, -0.25) is 9.59 Å². The molecule has 0 spiro atoms. The minimum absolute atomic E-state index is 0.0568. The van der Waals surface area contributed by atoms with E-state index in [-0.39, 0.29) is 23.7 Å². The second kappa shape index (κ2) is 5.18. The van der Waals surface area contributed by atoms with Crippen LogP contribution in [0, 0.1) is 0 Å². The molecule has 1 amide bonds. The van der Waals surface area contributed by atoms with E-state index in [1.165, 1.54) is 16.8 Å². The van der Waals surface area contributed by atoms with Crippen molar-refractivity contribution in [1.29, 1.82) is 0 Å². The fraction of sp³-hybridized carbons (Fsp3) is 0.0769. The molecule has 0 saturated carbocycles. The molecule has 0 radical (unpaired) electrons. The van der Waals surface area contributed by atoms with E-state index in [1.54, 1.807) is 18.2 Å². The number of benzene rings is 1. The quantitative estimate of drug-likeness (QED) is 0.846. The lowest BCUT2D eigenvalue weighted by Crippen LogP contribution is -2.28. The molecular weight excluding hydrogens is 230 g/mol. The van der Waals surface area contributed by atoms with E-state index in [4.69, 9.17) is 5.73 Å². The number of para-hydroxylation sites is 1. The first-order valence-corrected chi connectivity index (χ1v) is 5.46. The van der Waals surface area contributed by atoms with E-state index in [0.717, 1.165) is 0 Å². The number of nitrogens with zero attached hydrogens (tertiary/aromatic N) is 1. The Morgan fingerprint density at radius 1 is 1.17 bits per heavy atom. The van der Waals surface area contributed by atoms with E-state index < -0.39 is 0 Å². The molecule has 0 aliphatic rings. The molecule has 18 heavy (non-hydrogen) atoms. The molecule has 0 fully saturated rings. The first-order valence-electron chi connectivity index (χ1n) is 5.46. The van der Waals surface area contributed by atoms with Crippen molar-refractivity contribution < 1.29 is 4.79 Å². The fourth-order valence-electron chi connectivity index (χ4n) is 1.56. The lowest BCUT2D eigenvalue weighted by Gasteiger charge is -2.07. The van der Waals surface area contributed by atoms with Crippen LogP contribution in [0.5, 0.6) is 0 Å². The topological polar surface area (TPSA) is 77.1 Å². The Hall–Kier alpha value is -2.56. The number of carbonyl (C=O) groups excluding carboxylic acids is 1. The Morgan fingerprint density at radius 3 is 2.61 bits per heavy atom. The molecular formula is C13H13N3O2. The van der Waals surface area contributed by atoms with Gasteiger partial charge in [-0.25, -0.2) is 0 Å². The molecule has 2 aromatic rings. The predicted molar refractivity (Wildman–Crippen MR) is 70.2 cm³/mol. The van der Waals surface area contributed by atoms with E-state index >= 15 is 0 Å². The SMILES string of the molecule is Nc1cccn(CC(=O)Nc2ccccc2)c1=O. The highest BCUT2D eigenvalue weighted by atomic mass is 16.2. The van der Waals surface area contributed by atoms with Gasteiger partial charge >= 0.3 is 0 Å². The lowest BCUT2D eigenvalue weighted by atomic mass is 10.3. The maximum absolute atomic E-state index is 11.7. The van der Waals surface area contributed by atoms with Crippen LogP contribution in [0.2, 0.25) is 0 Å². The molecule has 1 heterocycles. The number of rotatable bonds is 3. The minimum Gasteiger partial charge on any atom is -0.394 e. The number of carbonyl (C=O) groups is 1. The summed E-state index contributed by atoms with van der Waals surface area (Å²) in [6.45, 7) is -0.0568.